The number of nitrogens with zero attached hydrogens (tertiary/aromatic N) is 1. The highest BCUT2D eigenvalue weighted by Crippen LogP contribution is 2.37. The van der Waals surface area contributed by atoms with Crippen LogP contribution in [0.2, 0.25) is 0 Å². The predicted octanol–water partition coefficient (Wildman–Crippen LogP) is 2.02. The van der Waals surface area contributed by atoms with Crippen LogP contribution in [0, 0.1) is 5.82 Å². The second-order valence-corrected chi connectivity index (χ2v) is 4.84. The molecule has 1 fully saturated rings. The third-order valence-corrected chi connectivity index (χ3v) is 3.84. The van der Waals surface area contributed by atoms with Gasteiger partial charge in [-0.1, -0.05) is 12.1 Å². The van der Waals surface area contributed by atoms with Crippen LogP contribution in [0.4, 0.5) is 4.39 Å². The second kappa shape index (κ2) is 5.34. The fourth-order valence-corrected chi connectivity index (χ4v) is 2.72. The average Bonchev–Trinajstić information content (AvgIpc) is 2.40. The first-order chi connectivity index (χ1) is 8.62. The zero-order valence-corrected chi connectivity index (χ0v) is 11.1. The maximum atomic E-state index is 13.0. The van der Waals surface area contributed by atoms with Gasteiger partial charge in [0.05, 0.1) is 0 Å². The lowest BCUT2D eigenvalue weighted by atomic mass is 9.82. The summed E-state index contributed by atoms with van der Waals surface area (Å²) in [4.78, 5) is 2.22. The summed E-state index contributed by atoms with van der Waals surface area (Å²) in [5, 5.41) is 0. The molecule has 1 aromatic carbocycles. The monoisotopic (exact) mass is 253 g/mol. The summed E-state index contributed by atoms with van der Waals surface area (Å²) in [6, 6.07) is 6.52. The van der Waals surface area contributed by atoms with E-state index in [1.165, 1.54) is 12.1 Å². The van der Waals surface area contributed by atoms with Crippen molar-refractivity contribution in [3.63, 3.8) is 0 Å². The Morgan fingerprint density at radius 1 is 1.28 bits per heavy atom. The van der Waals surface area contributed by atoms with Gasteiger partial charge < -0.3 is 14.4 Å². The maximum Gasteiger partial charge on any atom is 0.123 e. The van der Waals surface area contributed by atoms with E-state index < -0.39 is 5.60 Å². The summed E-state index contributed by atoms with van der Waals surface area (Å²) < 4.78 is 24.4. The van der Waals surface area contributed by atoms with Crippen LogP contribution in [0.3, 0.4) is 0 Å². The molecule has 0 spiro atoms. The molecule has 0 amide bonds. The molecule has 0 bridgehead atoms. The Hall–Kier alpha value is -0.970. The minimum atomic E-state index is -0.477. The van der Waals surface area contributed by atoms with Crippen molar-refractivity contribution in [2.75, 3.05) is 34.4 Å². The summed E-state index contributed by atoms with van der Waals surface area (Å²) in [5.74, 6) is -0.230. The normalized spacial score (nSPS) is 29.4. The molecule has 1 aromatic rings. The molecule has 0 N–H and O–H groups in total. The number of hydrogen-bond donors (Lipinski definition) is 0. The molecule has 1 heterocycles. The molecule has 0 aromatic heterocycles. The van der Waals surface area contributed by atoms with E-state index in [2.05, 4.69) is 11.9 Å². The molecule has 1 aliphatic heterocycles. The van der Waals surface area contributed by atoms with Gasteiger partial charge in [-0.15, -0.1) is 0 Å². The van der Waals surface area contributed by atoms with Gasteiger partial charge in [-0.3, -0.25) is 0 Å². The molecule has 2 unspecified atom stereocenters. The lowest BCUT2D eigenvalue weighted by Gasteiger charge is -2.45. The van der Waals surface area contributed by atoms with E-state index in [9.17, 15) is 4.39 Å². The minimum Gasteiger partial charge on any atom is -0.377 e. The Morgan fingerprint density at radius 3 is 2.50 bits per heavy atom. The first-order valence-corrected chi connectivity index (χ1v) is 6.15. The highest BCUT2D eigenvalue weighted by Gasteiger charge is 2.44. The van der Waals surface area contributed by atoms with Crippen LogP contribution in [0.15, 0.2) is 24.3 Å². The van der Waals surface area contributed by atoms with Crippen molar-refractivity contribution < 1.29 is 13.9 Å². The van der Waals surface area contributed by atoms with Crippen LogP contribution in [0.1, 0.15) is 12.0 Å². The zero-order chi connectivity index (χ0) is 13.2. The van der Waals surface area contributed by atoms with E-state index in [1.54, 1.807) is 26.4 Å². The smallest absolute Gasteiger partial charge is 0.123 e. The first-order valence-electron chi connectivity index (χ1n) is 6.15. The van der Waals surface area contributed by atoms with Gasteiger partial charge in [-0.25, -0.2) is 4.39 Å². The summed E-state index contributed by atoms with van der Waals surface area (Å²) in [5.41, 5.74) is 0.501. The van der Waals surface area contributed by atoms with Crippen molar-refractivity contribution in [2.24, 2.45) is 0 Å². The van der Waals surface area contributed by atoms with Crippen molar-refractivity contribution in [1.82, 2.24) is 4.90 Å². The Bertz CT molecular complexity index is 395. The Balaban J connectivity index is 2.36. The highest BCUT2D eigenvalue weighted by atomic mass is 19.1. The van der Waals surface area contributed by atoms with E-state index in [0.717, 1.165) is 25.1 Å². The van der Waals surface area contributed by atoms with Crippen molar-refractivity contribution in [1.29, 1.82) is 0 Å². The van der Waals surface area contributed by atoms with Crippen LogP contribution in [-0.2, 0) is 15.1 Å². The number of benzene rings is 1. The quantitative estimate of drug-likeness (QED) is 0.822. The van der Waals surface area contributed by atoms with E-state index in [-0.39, 0.29) is 11.9 Å². The molecule has 4 heteroatoms. The number of ether oxygens (including phenoxy) is 2. The maximum absolute atomic E-state index is 13.0. The molecule has 0 radical (unpaired) electrons. The lowest BCUT2D eigenvalue weighted by molar-refractivity contribution is -0.156. The van der Waals surface area contributed by atoms with Gasteiger partial charge in [0.2, 0.25) is 0 Å². The highest BCUT2D eigenvalue weighted by molar-refractivity contribution is 5.26. The van der Waals surface area contributed by atoms with Gasteiger partial charge in [-0.2, -0.15) is 0 Å². The van der Waals surface area contributed by atoms with Crippen LogP contribution in [-0.4, -0.2) is 45.4 Å². The number of rotatable bonds is 3. The first kappa shape index (κ1) is 13.5. The topological polar surface area (TPSA) is 21.7 Å². The lowest BCUT2D eigenvalue weighted by Crippen LogP contribution is -2.54. The molecular weight excluding hydrogens is 233 g/mol. The fraction of sp³-hybridized carbons (Fsp3) is 0.571. The number of piperidine rings is 1. The summed E-state index contributed by atoms with van der Waals surface area (Å²) in [7, 11) is 5.46. The van der Waals surface area contributed by atoms with Gasteiger partial charge in [0.15, 0.2) is 0 Å². The van der Waals surface area contributed by atoms with Crippen LogP contribution >= 0.6 is 0 Å². The molecular formula is C14H20FNO2. The molecule has 2 rings (SSSR count). The van der Waals surface area contributed by atoms with Gasteiger partial charge >= 0.3 is 0 Å². The summed E-state index contributed by atoms with van der Waals surface area (Å²) >= 11 is 0. The van der Waals surface area contributed by atoms with Crippen molar-refractivity contribution in [3.05, 3.63) is 35.6 Å². The fourth-order valence-electron chi connectivity index (χ4n) is 2.72. The van der Waals surface area contributed by atoms with Crippen molar-refractivity contribution in [3.8, 4) is 0 Å². The molecule has 1 aliphatic rings. The van der Waals surface area contributed by atoms with Gasteiger partial charge in [-0.05, 0) is 31.2 Å². The van der Waals surface area contributed by atoms with Gasteiger partial charge in [0.1, 0.15) is 17.5 Å². The number of likely N-dealkylation sites (N-methyl/N-ethyl adjacent to an activating group) is 1. The van der Waals surface area contributed by atoms with Crippen LogP contribution in [0.5, 0.6) is 0 Å². The third kappa shape index (κ3) is 2.28. The summed E-state index contributed by atoms with van der Waals surface area (Å²) in [6.45, 7) is 1.74. The van der Waals surface area contributed by atoms with E-state index in [0.29, 0.717) is 0 Å². The van der Waals surface area contributed by atoms with E-state index >= 15 is 0 Å². The summed E-state index contributed by atoms with van der Waals surface area (Å²) in [6.07, 6.45) is 0.788. The number of likely N-dealkylation sites (tertiary alicyclic amines) is 1. The molecule has 100 valence electrons. The Labute approximate surface area is 107 Å². The molecule has 1 saturated heterocycles. The standard InChI is InChI=1S/C14H20FNO2/c1-16-9-8-14(18-3,13(10-16)17-2)11-4-6-12(15)7-5-11/h4-7,13H,8-10H2,1-3H3. The number of methoxy groups -OCH3 is 2. The zero-order valence-electron chi connectivity index (χ0n) is 11.1. The molecule has 3 nitrogen and oxygen atoms in total. The predicted molar refractivity (Wildman–Crippen MR) is 68.0 cm³/mol. The van der Waals surface area contributed by atoms with Crippen LogP contribution in [0.25, 0.3) is 0 Å². The van der Waals surface area contributed by atoms with Crippen LogP contribution < -0.4 is 0 Å². The second-order valence-electron chi connectivity index (χ2n) is 4.84. The Kier molecular flexibility index (Phi) is 4.00. The minimum absolute atomic E-state index is 0.0493. The molecule has 2 atom stereocenters. The van der Waals surface area contributed by atoms with E-state index in [4.69, 9.17) is 9.47 Å². The number of hydrogen-bond acceptors (Lipinski definition) is 3. The molecule has 18 heavy (non-hydrogen) atoms. The SMILES string of the molecule is COC1CN(C)CCC1(OC)c1ccc(F)cc1. The van der Waals surface area contributed by atoms with Gasteiger partial charge in [0.25, 0.3) is 0 Å². The molecule has 0 aliphatic carbocycles. The average molecular weight is 253 g/mol. The third-order valence-electron chi connectivity index (χ3n) is 3.84. The largest absolute Gasteiger partial charge is 0.377 e. The Morgan fingerprint density at radius 2 is 1.94 bits per heavy atom. The van der Waals surface area contributed by atoms with Gasteiger partial charge in [0, 0.05) is 27.3 Å². The van der Waals surface area contributed by atoms with Crippen molar-refractivity contribution in [2.45, 2.75) is 18.1 Å². The van der Waals surface area contributed by atoms with Crippen molar-refractivity contribution >= 4 is 0 Å². The molecule has 0 saturated carbocycles. The number of halogens is 1. The van der Waals surface area contributed by atoms with E-state index in [1.807, 2.05) is 0 Å².